The van der Waals surface area contributed by atoms with E-state index in [9.17, 15) is 9.59 Å². The molecule has 0 bridgehead atoms. The van der Waals surface area contributed by atoms with Crippen LogP contribution < -0.4 is 5.63 Å². The Hall–Kier alpha value is -2.92. The maximum absolute atomic E-state index is 13.0. The molecule has 1 atom stereocenters. The zero-order chi connectivity index (χ0) is 19.1. The second-order valence-corrected chi connectivity index (χ2v) is 7.67. The Morgan fingerprint density at radius 3 is 2.68 bits per heavy atom. The van der Waals surface area contributed by atoms with Crippen LogP contribution in [0, 0.1) is 0 Å². The van der Waals surface area contributed by atoms with E-state index in [1.165, 1.54) is 11.1 Å². The molecular formula is C23H22N2O3. The lowest BCUT2D eigenvalue weighted by molar-refractivity contribution is 0.0769. The Morgan fingerprint density at radius 2 is 1.79 bits per heavy atom. The van der Waals surface area contributed by atoms with Crippen molar-refractivity contribution < 1.29 is 9.21 Å². The normalized spacial score (nSPS) is 19.7. The lowest BCUT2D eigenvalue weighted by atomic mass is 9.98. The van der Waals surface area contributed by atoms with E-state index in [0.717, 1.165) is 31.3 Å². The van der Waals surface area contributed by atoms with Gasteiger partial charge < -0.3 is 9.32 Å². The lowest BCUT2D eigenvalue weighted by Crippen LogP contribution is -2.42. The highest BCUT2D eigenvalue weighted by Crippen LogP contribution is 2.25. The zero-order valence-corrected chi connectivity index (χ0v) is 15.6. The summed E-state index contributed by atoms with van der Waals surface area (Å²) >= 11 is 0. The molecule has 3 heterocycles. The summed E-state index contributed by atoms with van der Waals surface area (Å²) < 4.78 is 5.34. The smallest absolute Gasteiger partial charge is 0.349 e. The van der Waals surface area contributed by atoms with Gasteiger partial charge in [-0.05, 0) is 36.1 Å². The molecule has 0 spiro atoms. The number of carbonyl (C=O) groups excluding carboxylic acids is 1. The first-order valence-electron chi connectivity index (χ1n) is 9.82. The number of fused-ring (bicyclic) bond motifs is 2. The fourth-order valence-electron chi connectivity index (χ4n) is 4.43. The molecule has 5 nitrogen and oxygen atoms in total. The van der Waals surface area contributed by atoms with E-state index in [4.69, 9.17) is 4.42 Å². The van der Waals surface area contributed by atoms with Gasteiger partial charge in [-0.15, -0.1) is 0 Å². The Balaban J connectivity index is 1.33. The summed E-state index contributed by atoms with van der Waals surface area (Å²) in [5, 5.41) is 0.772. The summed E-state index contributed by atoms with van der Waals surface area (Å²) in [4.78, 5) is 29.6. The Bertz CT molecular complexity index is 1100. The molecule has 0 saturated carbocycles. The van der Waals surface area contributed by atoms with Gasteiger partial charge in [0.25, 0.3) is 5.91 Å². The standard InChI is InChI=1S/C23H22N2O3/c26-22(20-13-17-6-3-4-8-21(17)28-23(20)27)25-12-10-19(15-25)24-11-9-16-5-1-2-7-18(16)14-24/h1-8,13,19H,9-12,14-15H2. The van der Waals surface area contributed by atoms with Gasteiger partial charge in [-0.3, -0.25) is 9.69 Å². The molecule has 2 aliphatic rings. The molecule has 0 N–H and O–H groups in total. The second kappa shape index (κ2) is 6.91. The van der Waals surface area contributed by atoms with Crippen LogP contribution in [0.25, 0.3) is 11.0 Å². The van der Waals surface area contributed by atoms with E-state index in [2.05, 4.69) is 29.2 Å². The molecular weight excluding hydrogens is 352 g/mol. The van der Waals surface area contributed by atoms with Crippen LogP contribution in [0.3, 0.4) is 0 Å². The molecule has 1 aromatic heterocycles. The molecule has 2 aromatic carbocycles. The number of hydrogen-bond donors (Lipinski definition) is 0. The van der Waals surface area contributed by atoms with Crippen molar-refractivity contribution in [1.82, 2.24) is 9.80 Å². The van der Waals surface area contributed by atoms with Crippen LogP contribution in [0.2, 0.25) is 0 Å². The van der Waals surface area contributed by atoms with Crippen molar-refractivity contribution in [3.8, 4) is 0 Å². The van der Waals surface area contributed by atoms with Crippen molar-refractivity contribution in [3.05, 3.63) is 81.7 Å². The molecule has 5 rings (SSSR count). The first-order chi connectivity index (χ1) is 13.7. The SMILES string of the molecule is O=C(c1cc2ccccc2oc1=O)N1CCC(N2CCc3ccccc3C2)C1. The number of benzene rings is 2. The van der Waals surface area contributed by atoms with Gasteiger partial charge in [-0.2, -0.15) is 0 Å². The minimum absolute atomic E-state index is 0.128. The first kappa shape index (κ1) is 17.2. The van der Waals surface area contributed by atoms with E-state index >= 15 is 0 Å². The highest BCUT2D eigenvalue weighted by atomic mass is 16.4. The van der Waals surface area contributed by atoms with Gasteiger partial charge in [0.15, 0.2) is 0 Å². The Kier molecular flexibility index (Phi) is 4.24. The van der Waals surface area contributed by atoms with Crippen molar-refractivity contribution >= 4 is 16.9 Å². The summed E-state index contributed by atoms with van der Waals surface area (Å²) in [6.07, 6.45) is 1.99. The molecule has 1 fully saturated rings. The van der Waals surface area contributed by atoms with Crippen LogP contribution >= 0.6 is 0 Å². The predicted octanol–water partition coefficient (Wildman–Crippen LogP) is 3.07. The number of carbonyl (C=O) groups is 1. The van der Waals surface area contributed by atoms with E-state index in [1.807, 2.05) is 18.2 Å². The average Bonchev–Trinajstić information content (AvgIpc) is 3.23. The topological polar surface area (TPSA) is 53.8 Å². The van der Waals surface area contributed by atoms with E-state index in [-0.39, 0.29) is 11.5 Å². The van der Waals surface area contributed by atoms with Crippen LogP contribution in [0.1, 0.15) is 27.9 Å². The van der Waals surface area contributed by atoms with Gasteiger partial charge in [0.1, 0.15) is 11.1 Å². The van der Waals surface area contributed by atoms with Crippen LogP contribution in [0.4, 0.5) is 0 Å². The van der Waals surface area contributed by atoms with Crippen LogP contribution in [0.15, 0.2) is 63.8 Å². The van der Waals surface area contributed by atoms with Crippen molar-refractivity contribution in [3.63, 3.8) is 0 Å². The molecule has 142 valence electrons. The first-order valence-corrected chi connectivity index (χ1v) is 9.82. The third-order valence-corrected chi connectivity index (χ3v) is 6.00. The molecule has 0 radical (unpaired) electrons. The number of amides is 1. The number of rotatable bonds is 2. The Labute approximate surface area is 163 Å². The number of likely N-dealkylation sites (tertiary alicyclic amines) is 1. The minimum atomic E-state index is -0.556. The van der Waals surface area contributed by atoms with Crippen LogP contribution in [-0.2, 0) is 13.0 Å². The molecule has 3 aromatic rings. The molecule has 0 aliphatic carbocycles. The van der Waals surface area contributed by atoms with Gasteiger partial charge in [0.2, 0.25) is 0 Å². The molecule has 1 saturated heterocycles. The lowest BCUT2D eigenvalue weighted by Gasteiger charge is -2.33. The van der Waals surface area contributed by atoms with Crippen LogP contribution in [-0.4, -0.2) is 41.4 Å². The highest BCUT2D eigenvalue weighted by molar-refractivity contribution is 5.96. The number of hydrogen-bond acceptors (Lipinski definition) is 4. The molecule has 1 amide bonds. The maximum atomic E-state index is 13.0. The van der Waals surface area contributed by atoms with Crippen molar-refractivity contribution in [1.29, 1.82) is 0 Å². The molecule has 5 heteroatoms. The zero-order valence-electron chi connectivity index (χ0n) is 15.6. The quantitative estimate of drug-likeness (QED) is 0.647. The van der Waals surface area contributed by atoms with Gasteiger partial charge >= 0.3 is 5.63 Å². The monoisotopic (exact) mass is 374 g/mol. The Morgan fingerprint density at radius 1 is 1.00 bits per heavy atom. The van der Waals surface area contributed by atoms with Crippen molar-refractivity contribution in [2.45, 2.75) is 25.4 Å². The highest BCUT2D eigenvalue weighted by Gasteiger charge is 2.33. The molecule has 28 heavy (non-hydrogen) atoms. The number of para-hydroxylation sites is 1. The van der Waals surface area contributed by atoms with E-state index < -0.39 is 5.63 Å². The van der Waals surface area contributed by atoms with Gasteiger partial charge in [0, 0.05) is 37.6 Å². The fraction of sp³-hybridized carbons (Fsp3) is 0.304. The third kappa shape index (κ3) is 3.02. The van der Waals surface area contributed by atoms with Crippen LogP contribution in [0.5, 0.6) is 0 Å². The van der Waals surface area contributed by atoms with E-state index in [0.29, 0.717) is 24.7 Å². The predicted molar refractivity (Wildman–Crippen MR) is 107 cm³/mol. The second-order valence-electron chi connectivity index (χ2n) is 7.67. The maximum Gasteiger partial charge on any atom is 0.349 e. The van der Waals surface area contributed by atoms with Gasteiger partial charge in [0.05, 0.1) is 0 Å². The molecule has 2 aliphatic heterocycles. The van der Waals surface area contributed by atoms with E-state index in [1.54, 1.807) is 17.0 Å². The van der Waals surface area contributed by atoms with Gasteiger partial charge in [-0.1, -0.05) is 42.5 Å². The van der Waals surface area contributed by atoms with Crippen molar-refractivity contribution in [2.24, 2.45) is 0 Å². The fourth-order valence-corrected chi connectivity index (χ4v) is 4.43. The summed E-state index contributed by atoms with van der Waals surface area (Å²) in [6.45, 7) is 3.28. The molecule has 1 unspecified atom stereocenters. The summed E-state index contributed by atoms with van der Waals surface area (Å²) in [5.41, 5.74) is 2.89. The minimum Gasteiger partial charge on any atom is -0.422 e. The van der Waals surface area contributed by atoms with Gasteiger partial charge in [-0.25, -0.2) is 4.79 Å². The largest absolute Gasteiger partial charge is 0.422 e. The summed E-state index contributed by atoms with van der Waals surface area (Å²) in [5.74, 6) is -0.223. The summed E-state index contributed by atoms with van der Waals surface area (Å²) in [7, 11) is 0. The third-order valence-electron chi connectivity index (χ3n) is 6.00. The van der Waals surface area contributed by atoms with Crippen molar-refractivity contribution in [2.75, 3.05) is 19.6 Å². The number of nitrogens with zero attached hydrogens (tertiary/aromatic N) is 2. The average molecular weight is 374 g/mol. The summed E-state index contributed by atoms with van der Waals surface area (Å²) in [6, 6.07) is 17.9.